The molecule has 1 aliphatic rings. The summed E-state index contributed by atoms with van der Waals surface area (Å²) in [5.74, 6) is -0.451. The van der Waals surface area contributed by atoms with Gasteiger partial charge >= 0.3 is 0 Å². The summed E-state index contributed by atoms with van der Waals surface area (Å²) >= 11 is 12.0. The van der Waals surface area contributed by atoms with Crippen LogP contribution in [0.15, 0.2) is 42.5 Å². The maximum Gasteiger partial charge on any atom is 0.262 e. The van der Waals surface area contributed by atoms with Gasteiger partial charge in [0.15, 0.2) is 6.61 Å². The van der Waals surface area contributed by atoms with Gasteiger partial charge in [0.2, 0.25) is 11.8 Å². The zero-order valence-corrected chi connectivity index (χ0v) is 18.5. The molecule has 0 spiro atoms. The Bertz CT molecular complexity index is 966. The molecule has 3 amide bonds. The fraction of sp³-hybridized carbons (Fsp3) is 0.318. The van der Waals surface area contributed by atoms with E-state index in [1.54, 1.807) is 47.4 Å². The second-order valence-electron chi connectivity index (χ2n) is 7.13. The summed E-state index contributed by atoms with van der Waals surface area (Å²) in [6.45, 7) is 2.71. The molecule has 1 saturated heterocycles. The number of nitrogens with zero attached hydrogens (tertiary/aromatic N) is 1. The largest absolute Gasteiger partial charge is 0.484 e. The topological polar surface area (TPSA) is 87.7 Å². The number of hydrogen-bond acceptors (Lipinski definition) is 4. The molecule has 1 fully saturated rings. The first-order valence-corrected chi connectivity index (χ1v) is 10.7. The third-order valence-electron chi connectivity index (χ3n) is 4.79. The van der Waals surface area contributed by atoms with Gasteiger partial charge < -0.3 is 20.3 Å². The summed E-state index contributed by atoms with van der Waals surface area (Å²) in [6.07, 6.45) is 1.04. The highest BCUT2D eigenvalue weighted by molar-refractivity contribution is 6.44. The van der Waals surface area contributed by atoms with Gasteiger partial charge in [-0.25, -0.2) is 0 Å². The maximum absolute atomic E-state index is 12.3. The predicted molar refractivity (Wildman–Crippen MR) is 121 cm³/mol. The molecule has 0 bridgehead atoms. The van der Waals surface area contributed by atoms with Crippen LogP contribution in [0.3, 0.4) is 0 Å². The molecule has 2 N–H and O–H groups in total. The second-order valence-corrected chi connectivity index (χ2v) is 7.91. The van der Waals surface area contributed by atoms with Crippen LogP contribution in [0.2, 0.25) is 10.0 Å². The quantitative estimate of drug-likeness (QED) is 0.621. The lowest BCUT2D eigenvalue weighted by molar-refractivity contribution is -0.126. The van der Waals surface area contributed by atoms with Gasteiger partial charge in [0.25, 0.3) is 5.91 Å². The van der Waals surface area contributed by atoms with E-state index in [2.05, 4.69) is 10.6 Å². The number of amides is 3. The lowest BCUT2D eigenvalue weighted by Crippen LogP contribution is -2.33. The number of halogens is 2. The van der Waals surface area contributed by atoms with Crippen molar-refractivity contribution in [3.05, 3.63) is 52.5 Å². The zero-order chi connectivity index (χ0) is 22.4. The Kier molecular flexibility index (Phi) is 7.76. The number of benzene rings is 2. The average molecular weight is 464 g/mol. The van der Waals surface area contributed by atoms with Crippen LogP contribution in [0.1, 0.15) is 19.8 Å². The highest BCUT2D eigenvalue weighted by Crippen LogP contribution is 2.30. The Labute approximate surface area is 190 Å². The molecule has 164 valence electrons. The molecule has 3 rings (SSSR count). The van der Waals surface area contributed by atoms with E-state index in [1.807, 2.05) is 6.92 Å². The molecule has 0 aromatic heterocycles. The second kappa shape index (κ2) is 10.5. The van der Waals surface area contributed by atoms with Crippen molar-refractivity contribution in [2.45, 2.75) is 19.8 Å². The van der Waals surface area contributed by atoms with E-state index in [1.165, 1.54) is 0 Å². The van der Waals surface area contributed by atoms with Gasteiger partial charge in [0.1, 0.15) is 5.75 Å². The Balaban J connectivity index is 1.53. The number of rotatable bonds is 8. The van der Waals surface area contributed by atoms with E-state index in [4.69, 9.17) is 27.9 Å². The normalized spacial score (nSPS) is 15.6. The molecule has 0 aliphatic carbocycles. The number of ether oxygens (including phenoxy) is 1. The molecule has 0 unspecified atom stereocenters. The number of carbonyl (C=O) groups is 3. The monoisotopic (exact) mass is 463 g/mol. The average Bonchev–Trinajstić information content (AvgIpc) is 3.16. The first-order valence-electron chi connectivity index (χ1n) is 9.93. The minimum absolute atomic E-state index is 0.0940. The van der Waals surface area contributed by atoms with Crippen LogP contribution in [0.4, 0.5) is 11.4 Å². The van der Waals surface area contributed by atoms with Gasteiger partial charge in [-0.05, 0) is 42.8 Å². The van der Waals surface area contributed by atoms with Crippen LogP contribution in [-0.2, 0) is 14.4 Å². The Morgan fingerprint density at radius 1 is 1.16 bits per heavy atom. The highest BCUT2D eigenvalue weighted by Gasteiger charge is 2.34. The Morgan fingerprint density at radius 2 is 1.90 bits per heavy atom. The molecule has 1 aliphatic heterocycles. The number of hydrogen-bond donors (Lipinski definition) is 2. The third-order valence-corrected chi connectivity index (χ3v) is 5.61. The first-order chi connectivity index (χ1) is 14.9. The minimum Gasteiger partial charge on any atom is -0.484 e. The number of anilines is 2. The molecule has 2 aromatic carbocycles. The molecule has 1 atom stereocenters. The van der Waals surface area contributed by atoms with Gasteiger partial charge in [0, 0.05) is 25.2 Å². The van der Waals surface area contributed by atoms with Crippen LogP contribution in [0.5, 0.6) is 5.75 Å². The smallest absolute Gasteiger partial charge is 0.262 e. The van der Waals surface area contributed by atoms with Crippen molar-refractivity contribution < 1.29 is 19.1 Å². The highest BCUT2D eigenvalue weighted by atomic mass is 35.5. The predicted octanol–water partition coefficient (Wildman–Crippen LogP) is 3.89. The number of nitrogens with one attached hydrogen (secondary N) is 2. The summed E-state index contributed by atoms with van der Waals surface area (Å²) in [4.78, 5) is 38.2. The van der Waals surface area contributed by atoms with Crippen molar-refractivity contribution in [2.24, 2.45) is 5.92 Å². The summed E-state index contributed by atoms with van der Waals surface area (Å²) in [5.41, 5.74) is 1.08. The molecule has 7 nitrogen and oxygen atoms in total. The third kappa shape index (κ3) is 5.89. The maximum atomic E-state index is 12.3. The van der Waals surface area contributed by atoms with E-state index in [9.17, 15) is 14.4 Å². The fourth-order valence-electron chi connectivity index (χ4n) is 3.18. The van der Waals surface area contributed by atoms with Gasteiger partial charge in [-0.2, -0.15) is 0 Å². The lowest BCUT2D eigenvalue weighted by atomic mass is 10.1. The molecule has 0 saturated carbocycles. The summed E-state index contributed by atoms with van der Waals surface area (Å²) < 4.78 is 5.50. The summed E-state index contributed by atoms with van der Waals surface area (Å²) in [7, 11) is 0. The first kappa shape index (κ1) is 22.9. The van der Waals surface area contributed by atoms with Crippen molar-refractivity contribution in [2.75, 3.05) is 29.9 Å². The molecule has 0 radical (unpaired) electrons. The van der Waals surface area contributed by atoms with Crippen LogP contribution >= 0.6 is 23.2 Å². The lowest BCUT2D eigenvalue weighted by Gasteiger charge is -2.17. The van der Waals surface area contributed by atoms with Crippen molar-refractivity contribution in [3.63, 3.8) is 0 Å². The SMILES string of the molecule is CCCNC(=O)[C@H]1CC(=O)N(c2ccc(OCC(=O)Nc3cccc(Cl)c3Cl)cc2)C1. The van der Waals surface area contributed by atoms with Crippen molar-refractivity contribution in [3.8, 4) is 5.75 Å². The summed E-state index contributed by atoms with van der Waals surface area (Å²) in [5, 5.41) is 6.09. The van der Waals surface area contributed by atoms with Crippen LogP contribution in [0, 0.1) is 5.92 Å². The van der Waals surface area contributed by atoms with E-state index in [-0.39, 0.29) is 41.7 Å². The van der Waals surface area contributed by atoms with Gasteiger partial charge in [-0.1, -0.05) is 36.2 Å². The van der Waals surface area contributed by atoms with Crippen LogP contribution in [-0.4, -0.2) is 37.4 Å². The summed E-state index contributed by atoms with van der Waals surface area (Å²) in [6, 6.07) is 11.8. The molecule has 1 heterocycles. The molecule has 2 aromatic rings. The van der Waals surface area contributed by atoms with Crippen LogP contribution < -0.4 is 20.3 Å². The van der Waals surface area contributed by atoms with E-state index in [0.717, 1.165) is 6.42 Å². The molecular formula is C22H23Cl2N3O4. The zero-order valence-electron chi connectivity index (χ0n) is 17.0. The van der Waals surface area contributed by atoms with Crippen LogP contribution in [0.25, 0.3) is 0 Å². The fourth-order valence-corrected chi connectivity index (χ4v) is 3.53. The Hall–Kier alpha value is -2.77. The van der Waals surface area contributed by atoms with Gasteiger partial charge in [-0.3, -0.25) is 14.4 Å². The molecule has 31 heavy (non-hydrogen) atoms. The molecule has 9 heteroatoms. The molecular weight excluding hydrogens is 441 g/mol. The van der Waals surface area contributed by atoms with Crippen molar-refractivity contribution in [1.82, 2.24) is 5.32 Å². The van der Waals surface area contributed by atoms with E-state index >= 15 is 0 Å². The Morgan fingerprint density at radius 3 is 2.61 bits per heavy atom. The van der Waals surface area contributed by atoms with Gasteiger partial charge in [-0.15, -0.1) is 0 Å². The minimum atomic E-state index is -0.385. The standard InChI is InChI=1S/C22H23Cl2N3O4/c1-2-10-25-22(30)14-11-20(29)27(12-14)15-6-8-16(9-7-15)31-13-19(28)26-18-5-3-4-17(23)21(18)24/h3-9,14H,2,10-13H2,1H3,(H,25,30)(H,26,28)/t14-/m0/s1. The van der Waals surface area contributed by atoms with Gasteiger partial charge in [0.05, 0.1) is 21.7 Å². The van der Waals surface area contributed by atoms with E-state index < -0.39 is 0 Å². The van der Waals surface area contributed by atoms with E-state index in [0.29, 0.717) is 35.2 Å². The van der Waals surface area contributed by atoms with Crippen molar-refractivity contribution in [1.29, 1.82) is 0 Å². The number of carbonyl (C=O) groups excluding carboxylic acids is 3. The van der Waals surface area contributed by atoms with Crippen molar-refractivity contribution >= 4 is 52.3 Å².